The molecule has 4 heterocycles. The topological polar surface area (TPSA) is 94.1 Å². The first-order valence-electron chi connectivity index (χ1n) is 19.1. The Morgan fingerprint density at radius 1 is 1.00 bits per heavy atom. The third kappa shape index (κ3) is 7.05. The van der Waals surface area contributed by atoms with E-state index in [1.807, 2.05) is 19.2 Å². The van der Waals surface area contributed by atoms with Crippen molar-refractivity contribution in [3.8, 4) is 5.75 Å². The normalized spacial score (nSPS) is 26.1. The Morgan fingerprint density at radius 2 is 1.73 bits per heavy atom. The summed E-state index contributed by atoms with van der Waals surface area (Å²) in [6, 6.07) is 4.76. The molecular weight excluding hydrogens is 614 g/mol. The number of Topliss-reactive ketones (excluding diaryl/α,β-unsaturated/α-hetero) is 1. The average molecular weight is 672 g/mol. The molecule has 1 atom stereocenters. The molecule has 1 aromatic carbocycles. The highest BCUT2D eigenvalue weighted by Gasteiger charge is 2.42. The van der Waals surface area contributed by atoms with E-state index in [4.69, 9.17) is 9.72 Å². The van der Waals surface area contributed by atoms with Crippen molar-refractivity contribution in [1.82, 2.24) is 19.8 Å². The van der Waals surface area contributed by atoms with Gasteiger partial charge in [0.15, 0.2) is 11.6 Å². The standard InChI is InChI=1S/C39H57N7O3/c1-6-32-37(48)44(5)33-25-40-38(42-36(33)46(32)28-11-7-8-12-28)41-31-19-18-29(30-24-39(2,3)49-35(30)31)34(47)13-9-10-26-14-16-27(17-15-26)45-22-20-43(4)21-23-45/h18-19,25-28,32H,6-17,20-24H2,1-5H3,(H,40,41,42). The van der Waals surface area contributed by atoms with Crippen LogP contribution < -0.4 is 19.9 Å². The highest BCUT2D eigenvalue weighted by Crippen LogP contribution is 2.45. The molecule has 266 valence electrons. The number of hydrogen-bond donors (Lipinski definition) is 1. The number of fused-ring (bicyclic) bond motifs is 2. The highest BCUT2D eigenvalue weighted by atomic mass is 16.5. The zero-order valence-electron chi connectivity index (χ0n) is 30.5. The molecule has 0 bridgehead atoms. The van der Waals surface area contributed by atoms with E-state index in [9.17, 15) is 9.59 Å². The maximum absolute atomic E-state index is 13.7. The Bertz CT molecular complexity index is 1520. The van der Waals surface area contributed by atoms with E-state index in [1.165, 1.54) is 64.7 Å². The summed E-state index contributed by atoms with van der Waals surface area (Å²) in [5.74, 6) is 3.07. The van der Waals surface area contributed by atoms with Crippen LogP contribution in [0.1, 0.15) is 114 Å². The lowest BCUT2D eigenvalue weighted by Gasteiger charge is -2.43. The lowest BCUT2D eigenvalue weighted by molar-refractivity contribution is -0.120. The van der Waals surface area contributed by atoms with Crippen LogP contribution in [0.25, 0.3) is 0 Å². The van der Waals surface area contributed by atoms with Gasteiger partial charge < -0.3 is 24.8 Å². The fourth-order valence-electron chi connectivity index (χ4n) is 9.25. The van der Waals surface area contributed by atoms with Gasteiger partial charge in [-0.1, -0.05) is 26.2 Å². The molecule has 1 unspecified atom stereocenters. The summed E-state index contributed by atoms with van der Waals surface area (Å²) < 4.78 is 6.49. The Balaban J connectivity index is 1.02. The summed E-state index contributed by atoms with van der Waals surface area (Å²) in [4.78, 5) is 45.8. The highest BCUT2D eigenvalue weighted by molar-refractivity contribution is 6.04. The summed E-state index contributed by atoms with van der Waals surface area (Å²) in [7, 11) is 4.05. The molecule has 1 amide bonds. The summed E-state index contributed by atoms with van der Waals surface area (Å²) in [5, 5.41) is 3.45. The third-order valence-electron chi connectivity index (χ3n) is 12.1. The van der Waals surface area contributed by atoms with Crippen LogP contribution in [-0.4, -0.2) is 95.5 Å². The minimum atomic E-state index is -0.412. The fraction of sp³-hybridized carbons (Fsp3) is 0.692. The van der Waals surface area contributed by atoms with Crippen LogP contribution >= 0.6 is 0 Å². The van der Waals surface area contributed by atoms with Gasteiger partial charge in [0.2, 0.25) is 11.9 Å². The molecule has 2 aliphatic carbocycles. The third-order valence-corrected chi connectivity index (χ3v) is 12.1. The molecule has 0 spiro atoms. The van der Waals surface area contributed by atoms with E-state index in [-0.39, 0.29) is 17.7 Å². The van der Waals surface area contributed by atoms with Gasteiger partial charge in [-0.2, -0.15) is 4.98 Å². The van der Waals surface area contributed by atoms with Gasteiger partial charge in [-0.05, 0) is 90.3 Å². The van der Waals surface area contributed by atoms with Crippen molar-refractivity contribution in [1.29, 1.82) is 0 Å². The van der Waals surface area contributed by atoms with Crippen molar-refractivity contribution >= 4 is 34.8 Å². The van der Waals surface area contributed by atoms with Crippen LogP contribution in [0.4, 0.5) is 23.1 Å². The lowest BCUT2D eigenvalue weighted by Crippen LogP contribution is -2.55. The van der Waals surface area contributed by atoms with Crippen molar-refractivity contribution < 1.29 is 14.3 Å². The Hall–Kier alpha value is -3.24. The molecule has 3 aliphatic heterocycles. The molecule has 3 fully saturated rings. The predicted molar refractivity (Wildman–Crippen MR) is 195 cm³/mol. The van der Waals surface area contributed by atoms with E-state index in [2.05, 4.69) is 52.8 Å². The van der Waals surface area contributed by atoms with Gasteiger partial charge in [0.05, 0.1) is 11.9 Å². The number of anilines is 4. The lowest BCUT2D eigenvalue weighted by atomic mass is 9.82. The zero-order valence-corrected chi connectivity index (χ0v) is 30.5. The maximum Gasteiger partial charge on any atom is 0.249 e. The molecule has 1 N–H and O–H groups in total. The number of amides is 1. The number of ether oxygens (including phenoxy) is 1. The van der Waals surface area contributed by atoms with Gasteiger partial charge in [0.25, 0.3) is 0 Å². The summed E-state index contributed by atoms with van der Waals surface area (Å²) in [6.07, 6.45) is 15.5. The second-order valence-corrected chi connectivity index (χ2v) is 16.0. The molecule has 7 rings (SSSR count). The number of nitrogens with zero attached hydrogens (tertiary/aromatic N) is 6. The number of likely N-dealkylation sites (N-methyl/N-ethyl adjacent to an activating group) is 2. The molecule has 10 nitrogen and oxygen atoms in total. The number of hydrogen-bond acceptors (Lipinski definition) is 9. The Labute approximate surface area is 293 Å². The summed E-state index contributed by atoms with van der Waals surface area (Å²) in [5.41, 5.74) is 2.88. The number of nitrogens with one attached hydrogen (secondary N) is 1. The minimum Gasteiger partial charge on any atom is -0.485 e. The van der Waals surface area contributed by atoms with Crippen molar-refractivity contribution in [2.75, 3.05) is 55.4 Å². The van der Waals surface area contributed by atoms with E-state index in [1.54, 1.807) is 11.1 Å². The molecule has 10 heteroatoms. The van der Waals surface area contributed by atoms with Gasteiger partial charge in [0, 0.05) is 69.3 Å². The zero-order chi connectivity index (χ0) is 34.3. The molecular formula is C39H57N7O3. The molecule has 2 aromatic rings. The van der Waals surface area contributed by atoms with Crippen molar-refractivity contribution in [3.63, 3.8) is 0 Å². The number of ketones is 1. The Kier molecular flexibility index (Phi) is 9.90. The van der Waals surface area contributed by atoms with E-state index in [0.29, 0.717) is 24.8 Å². The summed E-state index contributed by atoms with van der Waals surface area (Å²) in [6.45, 7) is 11.0. The number of piperazine rings is 1. The quantitative estimate of drug-likeness (QED) is 0.281. The second-order valence-electron chi connectivity index (χ2n) is 16.0. The maximum atomic E-state index is 13.7. The van der Waals surface area contributed by atoms with Gasteiger partial charge in [-0.25, -0.2) is 4.98 Å². The van der Waals surface area contributed by atoms with E-state index >= 15 is 0 Å². The number of carbonyl (C=O) groups is 2. The first kappa shape index (κ1) is 34.2. The van der Waals surface area contributed by atoms with Crippen LogP contribution in [0, 0.1) is 5.92 Å². The van der Waals surface area contributed by atoms with Gasteiger partial charge in [-0.3, -0.25) is 14.5 Å². The predicted octanol–water partition coefficient (Wildman–Crippen LogP) is 6.60. The van der Waals surface area contributed by atoms with Gasteiger partial charge >= 0.3 is 0 Å². The van der Waals surface area contributed by atoms with Crippen LogP contribution in [0.3, 0.4) is 0 Å². The van der Waals surface area contributed by atoms with E-state index < -0.39 is 5.60 Å². The molecule has 1 saturated heterocycles. The minimum absolute atomic E-state index is 0.105. The molecule has 5 aliphatic rings. The second kappa shape index (κ2) is 14.2. The number of rotatable bonds is 10. The van der Waals surface area contributed by atoms with Crippen molar-refractivity contribution in [2.24, 2.45) is 5.92 Å². The smallest absolute Gasteiger partial charge is 0.249 e. The van der Waals surface area contributed by atoms with Crippen LogP contribution in [0.15, 0.2) is 18.3 Å². The Morgan fingerprint density at radius 3 is 2.45 bits per heavy atom. The molecule has 49 heavy (non-hydrogen) atoms. The van der Waals surface area contributed by atoms with Gasteiger partial charge in [-0.15, -0.1) is 0 Å². The van der Waals surface area contributed by atoms with Crippen molar-refractivity contribution in [3.05, 3.63) is 29.5 Å². The number of carbonyl (C=O) groups excluding carboxylic acids is 2. The van der Waals surface area contributed by atoms with Crippen LogP contribution in [-0.2, 0) is 11.2 Å². The molecule has 0 radical (unpaired) electrons. The first-order valence-corrected chi connectivity index (χ1v) is 19.1. The van der Waals surface area contributed by atoms with Crippen LogP contribution in [0.5, 0.6) is 5.75 Å². The largest absolute Gasteiger partial charge is 0.485 e. The first-order chi connectivity index (χ1) is 23.6. The SMILES string of the molecule is CCC1C(=O)N(C)c2cnc(Nc3ccc(C(=O)CCCC4CCC(N5CCN(C)CC5)CC4)c4c3OC(C)(C)C4)nc2N1C1CCCC1. The molecule has 2 saturated carbocycles. The fourth-order valence-corrected chi connectivity index (χ4v) is 9.25. The number of benzene rings is 1. The average Bonchev–Trinajstić information content (AvgIpc) is 3.74. The monoisotopic (exact) mass is 671 g/mol. The summed E-state index contributed by atoms with van der Waals surface area (Å²) >= 11 is 0. The van der Waals surface area contributed by atoms with Crippen molar-refractivity contribution in [2.45, 2.75) is 128 Å². The van der Waals surface area contributed by atoms with Gasteiger partial charge in [0.1, 0.15) is 23.1 Å². The number of aromatic nitrogens is 2. The molecule has 1 aromatic heterocycles. The van der Waals surface area contributed by atoms with E-state index in [0.717, 1.165) is 78.1 Å². The van der Waals surface area contributed by atoms with Crippen LogP contribution in [0.2, 0.25) is 0 Å².